The van der Waals surface area contributed by atoms with Gasteiger partial charge in [0, 0.05) is 5.75 Å². The molecule has 2 rings (SSSR count). The van der Waals surface area contributed by atoms with Gasteiger partial charge in [-0.15, -0.1) is 0 Å². The van der Waals surface area contributed by atoms with Crippen LogP contribution in [0.3, 0.4) is 0 Å². The number of hydrogen-bond acceptors (Lipinski definition) is 6. The molecule has 0 unspecified atom stereocenters. The molecule has 19 heavy (non-hydrogen) atoms. The second-order valence-corrected chi connectivity index (χ2v) is 6.27. The molecule has 0 saturated carbocycles. The predicted octanol–water partition coefficient (Wildman–Crippen LogP) is 1.31. The molecule has 0 N–H and O–H groups in total. The molecule has 0 fully saturated rings. The highest BCUT2D eigenvalue weighted by Crippen LogP contribution is 2.15. The monoisotopic (exact) mass is 283 g/mol. The number of ether oxygens (including phenoxy) is 1. The van der Waals surface area contributed by atoms with Gasteiger partial charge in [0.15, 0.2) is 22.0 Å². The van der Waals surface area contributed by atoms with E-state index in [-0.39, 0.29) is 18.3 Å². The second-order valence-electron chi connectivity index (χ2n) is 3.91. The number of benzene rings is 1. The van der Waals surface area contributed by atoms with Gasteiger partial charge in [-0.25, -0.2) is 13.4 Å². The van der Waals surface area contributed by atoms with E-state index in [1.54, 1.807) is 18.2 Å². The molecule has 7 heteroatoms. The highest BCUT2D eigenvalue weighted by Gasteiger charge is 2.16. The molecule has 0 aliphatic carbocycles. The smallest absolute Gasteiger partial charge is 0.321 e. The first kappa shape index (κ1) is 13.5. The zero-order valence-corrected chi connectivity index (χ0v) is 11.1. The Morgan fingerprint density at radius 1 is 1.37 bits per heavy atom. The van der Waals surface area contributed by atoms with Crippen LogP contribution in [-0.4, -0.2) is 30.9 Å². The number of sulfone groups is 1. The summed E-state index contributed by atoms with van der Waals surface area (Å²) in [5, 5.41) is 0. The Bertz CT molecular complexity index is 656. The quantitative estimate of drug-likeness (QED) is 0.769. The van der Waals surface area contributed by atoms with Gasteiger partial charge in [-0.3, -0.25) is 4.79 Å². The highest BCUT2D eigenvalue weighted by molar-refractivity contribution is 7.92. The average Bonchev–Trinajstić information content (AvgIpc) is 2.78. The van der Waals surface area contributed by atoms with Crippen molar-refractivity contribution in [2.45, 2.75) is 13.5 Å². The minimum Gasteiger partial charge on any atom is -0.455 e. The fraction of sp³-hybridized carbons (Fsp3) is 0.333. The number of oxazole rings is 1. The summed E-state index contributed by atoms with van der Waals surface area (Å²) in [5.74, 6) is -1.28. The van der Waals surface area contributed by atoms with E-state index in [0.29, 0.717) is 11.1 Å². The first-order chi connectivity index (χ1) is 9.00. The Labute approximate surface area is 110 Å². The number of rotatable bonds is 5. The van der Waals surface area contributed by atoms with E-state index in [9.17, 15) is 13.2 Å². The summed E-state index contributed by atoms with van der Waals surface area (Å²) in [4.78, 5) is 15.4. The van der Waals surface area contributed by atoms with Gasteiger partial charge in [0.05, 0.1) is 0 Å². The topological polar surface area (TPSA) is 86.5 Å². The lowest BCUT2D eigenvalue weighted by molar-refractivity contribution is -0.142. The van der Waals surface area contributed by atoms with E-state index in [2.05, 4.69) is 4.98 Å². The molecule has 0 radical (unpaired) electrons. The van der Waals surface area contributed by atoms with E-state index in [1.807, 2.05) is 6.07 Å². The summed E-state index contributed by atoms with van der Waals surface area (Å²) in [6.07, 6.45) is 0. The number of hydrogen-bond donors (Lipinski definition) is 0. The van der Waals surface area contributed by atoms with Crippen molar-refractivity contribution >= 4 is 26.9 Å². The van der Waals surface area contributed by atoms with Gasteiger partial charge in [-0.05, 0) is 12.1 Å². The third-order valence-corrected chi connectivity index (χ3v) is 4.03. The molecule has 1 heterocycles. The minimum absolute atomic E-state index is 0.0923. The van der Waals surface area contributed by atoms with Crippen LogP contribution in [0, 0.1) is 0 Å². The summed E-state index contributed by atoms with van der Waals surface area (Å²) in [7, 11) is -3.37. The van der Waals surface area contributed by atoms with Crippen LogP contribution in [0.4, 0.5) is 0 Å². The third kappa shape index (κ3) is 3.54. The van der Waals surface area contributed by atoms with Crippen LogP contribution in [0.2, 0.25) is 0 Å². The van der Waals surface area contributed by atoms with Crippen LogP contribution in [0.15, 0.2) is 28.7 Å². The normalized spacial score (nSPS) is 11.6. The fourth-order valence-corrected chi connectivity index (χ4v) is 2.09. The average molecular weight is 283 g/mol. The lowest BCUT2D eigenvalue weighted by Gasteiger charge is -2.01. The van der Waals surface area contributed by atoms with Crippen molar-refractivity contribution in [3.8, 4) is 0 Å². The van der Waals surface area contributed by atoms with Crippen molar-refractivity contribution in [2.24, 2.45) is 0 Å². The Kier molecular flexibility index (Phi) is 3.84. The molecule has 0 aliphatic heterocycles. The number of esters is 1. The van der Waals surface area contributed by atoms with Crippen molar-refractivity contribution in [1.82, 2.24) is 4.98 Å². The Morgan fingerprint density at radius 2 is 2.11 bits per heavy atom. The van der Waals surface area contributed by atoms with E-state index < -0.39 is 21.6 Å². The van der Waals surface area contributed by atoms with E-state index in [4.69, 9.17) is 9.15 Å². The largest absolute Gasteiger partial charge is 0.455 e. The molecular formula is C12H13NO5S. The van der Waals surface area contributed by atoms with Gasteiger partial charge in [-0.1, -0.05) is 19.1 Å². The van der Waals surface area contributed by atoms with Crippen molar-refractivity contribution in [3.05, 3.63) is 30.2 Å². The number of aromatic nitrogens is 1. The van der Waals surface area contributed by atoms with Crippen LogP contribution in [0.25, 0.3) is 11.1 Å². The van der Waals surface area contributed by atoms with Gasteiger partial charge >= 0.3 is 5.97 Å². The predicted molar refractivity (Wildman–Crippen MR) is 68.1 cm³/mol. The summed E-state index contributed by atoms with van der Waals surface area (Å²) < 4.78 is 32.6. The number of para-hydroxylation sites is 2. The van der Waals surface area contributed by atoms with Crippen molar-refractivity contribution in [3.63, 3.8) is 0 Å². The van der Waals surface area contributed by atoms with Crippen molar-refractivity contribution in [1.29, 1.82) is 0 Å². The van der Waals surface area contributed by atoms with Gasteiger partial charge in [0.2, 0.25) is 5.89 Å². The zero-order chi connectivity index (χ0) is 13.9. The third-order valence-electron chi connectivity index (χ3n) is 2.47. The fourth-order valence-electron chi connectivity index (χ4n) is 1.45. The molecule has 1 aromatic heterocycles. The minimum atomic E-state index is -3.37. The molecule has 2 aromatic rings. The zero-order valence-electron chi connectivity index (χ0n) is 10.3. The van der Waals surface area contributed by atoms with Crippen molar-refractivity contribution < 1.29 is 22.4 Å². The Morgan fingerprint density at radius 3 is 2.79 bits per heavy atom. The summed E-state index contributed by atoms with van der Waals surface area (Å²) in [5.41, 5.74) is 1.25. The SMILES string of the molecule is CCS(=O)(=O)CC(=O)OCc1nc2ccccc2o1. The van der Waals surface area contributed by atoms with Crippen LogP contribution in [0.1, 0.15) is 12.8 Å². The Balaban J connectivity index is 1.97. The highest BCUT2D eigenvalue weighted by atomic mass is 32.2. The summed E-state index contributed by atoms with van der Waals surface area (Å²) >= 11 is 0. The Hall–Kier alpha value is -1.89. The molecule has 0 spiro atoms. The first-order valence-corrected chi connectivity index (χ1v) is 7.53. The van der Waals surface area contributed by atoms with Crippen LogP contribution < -0.4 is 0 Å². The van der Waals surface area contributed by atoms with Gasteiger partial charge in [-0.2, -0.15) is 0 Å². The van der Waals surface area contributed by atoms with E-state index >= 15 is 0 Å². The molecule has 0 bridgehead atoms. The molecular weight excluding hydrogens is 270 g/mol. The maximum atomic E-state index is 11.3. The summed E-state index contributed by atoms with van der Waals surface area (Å²) in [6.45, 7) is 1.30. The summed E-state index contributed by atoms with van der Waals surface area (Å²) in [6, 6.07) is 7.13. The molecule has 0 atom stereocenters. The van der Waals surface area contributed by atoms with Crippen LogP contribution in [0.5, 0.6) is 0 Å². The van der Waals surface area contributed by atoms with Gasteiger partial charge < -0.3 is 9.15 Å². The maximum absolute atomic E-state index is 11.3. The van der Waals surface area contributed by atoms with Gasteiger partial charge in [0.25, 0.3) is 0 Å². The lowest BCUT2D eigenvalue weighted by Crippen LogP contribution is -2.19. The van der Waals surface area contributed by atoms with Crippen LogP contribution >= 0.6 is 0 Å². The maximum Gasteiger partial charge on any atom is 0.321 e. The first-order valence-electron chi connectivity index (χ1n) is 5.70. The van der Waals surface area contributed by atoms with Crippen molar-refractivity contribution in [2.75, 3.05) is 11.5 Å². The van der Waals surface area contributed by atoms with E-state index in [0.717, 1.165) is 0 Å². The number of fused-ring (bicyclic) bond motifs is 1. The van der Waals surface area contributed by atoms with E-state index in [1.165, 1.54) is 6.92 Å². The lowest BCUT2D eigenvalue weighted by atomic mass is 10.3. The molecule has 0 aliphatic rings. The number of carbonyl (C=O) groups excluding carboxylic acids is 1. The number of carbonyl (C=O) groups is 1. The van der Waals surface area contributed by atoms with Crippen LogP contribution in [-0.2, 0) is 26.0 Å². The van der Waals surface area contributed by atoms with Gasteiger partial charge in [0.1, 0.15) is 11.3 Å². The molecule has 6 nitrogen and oxygen atoms in total. The standard InChI is InChI=1S/C12H13NO5S/c1-2-19(15,16)8-12(14)17-7-11-13-9-5-3-4-6-10(9)18-11/h3-6H,2,7-8H2,1H3. The second kappa shape index (κ2) is 5.40. The number of nitrogens with zero attached hydrogens (tertiary/aromatic N) is 1. The molecule has 0 amide bonds. The molecule has 0 saturated heterocycles. The molecule has 102 valence electrons. The molecule has 1 aromatic carbocycles.